The average Bonchev–Trinajstić information content (AvgIpc) is 3.06. The number of benzene rings is 2. The number of para-hydroxylation sites is 1. The van der Waals surface area contributed by atoms with Crippen molar-refractivity contribution < 1.29 is 0 Å². The van der Waals surface area contributed by atoms with Crippen molar-refractivity contribution >= 4 is 23.0 Å². The number of nitrogens with zero attached hydrogens (tertiary/aromatic N) is 2. The van der Waals surface area contributed by atoms with E-state index < -0.39 is 0 Å². The van der Waals surface area contributed by atoms with Gasteiger partial charge in [-0.15, -0.1) is 0 Å². The zero-order valence-electron chi connectivity index (χ0n) is 15.4. The topological polar surface area (TPSA) is 41.9 Å². The smallest absolute Gasteiger partial charge is 0.171 e. The van der Waals surface area contributed by atoms with Crippen LogP contribution in [0.2, 0.25) is 0 Å². The second-order valence-corrected chi connectivity index (χ2v) is 6.97. The average molecular weight is 365 g/mol. The third-order valence-corrected chi connectivity index (χ3v) is 4.60. The third-order valence-electron chi connectivity index (χ3n) is 4.35. The molecule has 0 aliphatic carbocycles. The second kappa shape index (κ2) is 8.15. The normalized spacial score (nSPS) is 10.8. The fourth-order valence-corrected chi connectivity index (χ4v) is 3.02. The van der Waals surface area contributed by atoms with Gasteiger partial charge in [0.15, 0.2) is 5.11 Å². The van der Waals surface area contributed by atoms with E-state index in [1.807, 2.05) is 31.5 Å². The Bertz CT molecular complexity index is 881. The highest BCUT2D eigenvalue weighted by molar-refractivity contribution is 7.80. The highest BCUT2D eigenvalue weighted by atomic mass is 32.1. The van der Waals surface area contributed by atoms with Gasteiger partial charge in [-0.3, -0.25) is 0 Å². The largest absolute Gasteiger partial charge is 0.358 e. The molecule has 134 valence electrons. The van der Waals surface area contributed by atoms with E-state index in [9.17, 15) is 0 Å². The molecule has 3 rings (SSSR count). The van der Waals surface area contributed by atoms with Crippen LogP contribution in [-0.2, 0) is 6.54 Å². The molecule has 4 nitrogen and oxygen atoms in total. The van der Waals surface area contributed by atoms with Crippen molar-refractivity contribution in [3.8, 4) is 5.69 Å². The van der Waals surface area contributed by atoms with E-state index in [-0.39, 0.29) is 0 Å². The van der Waals surface area contributed by atoms with Gasteiger partial charge in [0.25, 0.3) is 0 Å². The van der Waals surface area contributed by atoms with Crippen LogP contribution in [0.4, 0.5) is 5.69 Å². The number of aryl methyl sites for hydroxylation is 1. The van der Waals surface area contributed by atoms with Crippen LogP contribution >= 0.6 is 12.2 Å². The van der Waals surface area contributed by atoms with Crippen molar-refractivity contribution in [2.24, 2.45) is 0 Å². The van der Waals surface area contributed by atoms with Gasteiger partial charge in [-0.2, -0.15) is 0 Å². The van der Waals surface area contributed by atoms with Gasteiger partial charge in [-0.25, -0.2) is 4.98 Å². The Morgan fingerprint density at radius 3 is 2.50 bits per heavy atom. The van der Waals surface area contributed by atoms with Crippen LogP contribution in [0.15, 0.2) is 60.9 Å². The molecular weight excluding hydrogens is 340 g/mol. The predicted molar refractivity (Wildman–Crippen MR) is 112 cm³/mol. The Morgan fingerprint density at radius 2 is 1.85 bits per heavy atom. The monoisotopic (exact) mass is 364 g/mol. The molecule has 0 aliphatic rings. The molecule has 1 heterocycles. The molecule has 0 bridgehead atoms. The molecule has 1 aromatic heterocycles. The molecule has 0 saturated carbocycles. The number of rotatable bonds is 5. The first-order valence-corrected chi connectivity index (χ1v) is 9.18. The molecule has 26 heavy (non-hydrogen) atoms. The summed E-state index contributed by atoms with van der Waals surface area (Å²) in [5.74, 6) is 1.49. The Labute approximate surface area is 160 Å². The summed E-state index contributed by atoms with van der Waals surface area (Å²) in [6.45, 7) is 7.02. The van der Waals surface area contributed by atoms with E-state index in [0.29, 0.717) is 17.6 Å². The van der Waals surface area contributed by atoms with Crippen molar-refractivity contribution in [2.45, 2.75) is 33.2 Å². The van der Waals surface area contributed by atoms with Crippen molar-refractivity contribution in [1.29, 1.82) is 0 Å². The van der Waals surface area contributed by atoms with Gasteiger partial charge < -0.3 is 15.2 Å². The maximum absolute atomic E-state index is 5.45. The van der Waals surface area contributed by atoms with Crippen molar-refractivity contribution in [2.75, 3.05) is 5.32 Å². The molecule has 0 spiro atoms. The number of anilines is 1. The van der Waals surface area contributed by atoms with Gasteiger partial charge in [-0.05, 0) is 54.4 Å². The summed E-state index contributed by atoms with van der Waals surface area (Å²) in [6, 6.07) is 16.6. The Kier molecular flexibility index (Phi) is 5.68. The van der Waals surface area contributed by atoms with Crippen molar-refractivity contribution in [1.82, 2.24) is 14.9 Å². The Hall–Kier alpha value is -2.66. The highest BCUT2D eigenvalue weighted by Crippen LogP contribution is 2.18. The highest BCUT2D eigenvalue weighted by Gasteiger charge is 2.07. The molecule has 0 fully saturated rings. The lowest BCUT2D eigenvalue weighted by Gasteiger charge is -2.15. The van der Waals surface area contributed by atoms with E-state index in [0.717, 1.165) is 22.8 Å². The van der Waals surface area contributed by atoms with Gasteiger partial charge in [0, 0.05) is 24.6 Å². The maximum atomic E-state index is 5.45. The molecule has 0 saturated heterocycles. The minimum atomic E-state index is 0.525. The lowest BCUT2D eigenvalue weighted by Crippen LogP contribution is -2.28. The summed E-state index contributed by atoms with van der Waals surface area (Å²) in [7, 11) is 0. The summed E-state index contributed by atoms with van der Waals surface area (Å²) in [5.41, 5.74) is 4.58. The van der Waals surface area contributed by atoms with E-state index >= 15 is 0 Å². The van der Waals surface area contributed by atoms with Crippen molar-refractivity contribution in [3.05, 3.63) is 77.9 Å². The summed E-state index contributed by atoms with van der Waals surface area (Å²) < 4.78 is 2.08. The lowest BCUT2D eigenvalue weighted by molar-refractivity contribution is 0.867. The van der Waals surface area contributed by atoms with Gasteiger partial charge >= 0.3 is 0 Å². The van der Waals surface area contributed by atoms with Crippen LogP contribution in [0, 0.1) is 6.92 Å². The van der Waals surface area contributed by atoms with Gasteiger partial charge in [0.2, 0.25) is 0 Å². The molecule has 0 aliphatic heterocycles. The summed E-state index contributed by atoms with van der Waals surface area (Å²) in [5, 5.41) is 7.15. The maximum Gasteiger partial charge on any atom is 0.171 e. The molecule has 3 aromatic rings. The minimum Gasteiger partial charge on any atom is -0.358 e. The molecule has 2 N–H and O–H groups in total. The first kappa shape index (κ1) is 18.1. The third kappa shape index (κ3) is 4.29. The fraction of sp³-hybridized carbons (Fsp3) is 0.238. The molecule has 2 aromatic carbocycles. The molecule has 0 atom stereocenters. The lowest BCUT2D eigenvalue weighted by atomic mass is 10.0. The van der Waals surface area contributed by atoms with Gasteiger partial charge in [0.05, 0.1) is 5.69 Å². The van der Waals surface area contributed by atoms with E-state index in [2.05, 4.69) is 70.4 Å². The summed E-state index contributed by atoms with van der Waals surface area (Å²) in [4.78, 5) is 4.31. The SMILES string of the molecule is Cc1nccn1-c1ccccc1CNC(=S)Nc1ccc(C(C)C)cc1. The van der Waals surface area contributed by atoms with Crippen molar-refractivity contribution in [3.63, 3.8) is 0 Å². The number of thiocarbonyl (C=S) groups is 1. The molecular formula is C21H24N4S. The van der Waals surface area contributed by atoms with Gasteiger partial charge in [-0.1, -0.05) is 44.2 Å². The zero-order chi connectivity index (χ0) is 18.5. The number of hydrogen-bond acceptors (Lipinski definition) is 2. The Morgan fingerprint density at radius 1 is 1.12 bits per heavy atom. The van der Waals surface area contributed by atoms with E-state index in [4.69, 9.17) is 12.2 Å². The van der Waals surface area contributed by atoms with E-state index in [1.54, 1.807) is 0 Å². The molecule has 0 radical (unpaired) electrons. The van der Waals surface area contributed by atoms with Crippen LogP contribution in [0.1, 0.15) is 36.7 Å². The summed E-state index contributed by atoms with van der Waals surface area (Å²) in [6.07, 6.45) is 3.79. The van der Waals surface area contributed by atoms with E-state index in [1.165, 1.54) is 5.56 Å². The number of nitrogens with one attached hydrogen (secondary N) is 2. The van der Waals surface area contributed by atoms with Crippen LogP contribution in [0.25, 0.3) is 5.69 Å². The van der Waals surface area contributed by atoms with Crippen LogP contribution in [-0.4, -0.2) is 14.7 Å². The minimum absolute atomic E-state index is 0.525. The first-order chi connectivity index (χ1) is 12.5. The zero-order valence-corrected chi connectivity index (χ0v) is 16.2. The quantitative estimate of drug-likeness (QED) is 0.639. The summed E-state index contributed by atoms with van der Waals surface area (Å²) >= 11 is 5.45. The number of imidazole rings is 1. The van der Waals surface area contributed by atoms with Crippen LogP contribution in [0.3, 0.4) is 0 Å². The van der Waals surface area contributed by atoms with Crippen LogP contribution < -0.4 is 10.6 Å². The standard InChI is InChI=1S/C21H24N4S/c1-15(2)17-8-10-19(11-9-17)24-21(26)23-14-18-6-4-5-7-20(18)25-13-12-22-16(25)3/h4-13,15H,14H2,1-3H3,(H2,23,24,26). The molecule has 0 amide bonds. The Balaban J connectivity index is 1.64. The second-order valence-electron chi connectivity index (χ2n) is 6.56. The fourth-order valence-electron chi connectivity index (χ4n) is 2.83. The number of hydrogen-bond donors (Lipinski definition) is 2. The predicted octanol–water partition coefficient (Wildman–Crippen LogP) is 4.79. The first-order valence-electron chi connectivity index (χ1n) is 8.77. The molecule has 0 unspecified atom stereocenters. The molecule has 5 heteroatoms. The number of aromatic nitrogens is 2. The van der Waals surface area contributed by atoms with Gasteiger partial charge in [0.1, 0.15) is 5.82 Å². The van der Waals surface area contributed by atoms with Crippen LogP contribution in [0.5, 0.6) is 0 Å².